The number of aliphatic hydroxyl groups is 2. The van der Waals surface area contributed by atoms with Crippen LogP contribution in [0.1, 0.15) is 68.2 Å². The van der Waals surface area contributed by atoms with Crippen molar-refractivity contribution in [3.8, 4) is 0 Å². The Labute approximate surface area is 395 Å². The highest BCUT2D eigenvalue weighted by Gasteiger charge is 2.53. The minimum absolute atomic E-state index is 0.0341. The SMILES string of the molecule is CC[C@H](OC)[C@@H](C)[C@H]1O[C@@H]1[C@H](O)[C@@H](C)/C=C/C=C(\C)[C@H]1O[C@H](OC)[C@H](OC)[C@@H](OC)[C@H]1OCCO[C@@H]1O[C@H](/C(C)=C/C=C/[C@H](C)[C@@H](O)[C@H]2O[C@@H]2[C@H](C)[C@H](CC)OC)[C@@H](OC)[C@H](OC)[C@H]1OC. The second kappa shape index (κ2) is 27.6. The average Bonchev–Trinajstić information content (AvgIpc) is 4.27. The summed E-state index contributed by atoms with van der Waals surface area (Å²) in [6, 6.07) is 0. The van der Waals surface area contributed by atoms with Gasteiger partial charge in [0.05, 0.1) is 49.8 Å². The molecular weight excluding hydrogens is 857 g/mol. The van der Waals surface area contributed by atoms with Gasteiger partial charge in [-0.15, -0.1) is 0 Å². The van der Waals surface area contributed by atoms with Crippen molar-refractivity contribution in [3.63, 3.8) is 0 Å². The maximum absolute atomic E-state index is 11.1. The van der Waals surface area contributed by atoms with Gasteiger partial charge in [-0.1, -0.05) is 78.0 Å². The van der Waals surface area contributed by atoms with E-state index in [2.05, 4.69) is 27.7 Å². The first-order valence-corrected chi connectivity index (χ1v) is 23.8. The van der Waals surface area contributed by atoms with Gasteiger partial charge in [-0.05, 0) is 37.8 Å². The van der Waals surface area contributed by atoms with Gasteiger partial charge < -0.3 is 76.5 Å². The fourth-order valence-corrected chi connectivity index (χ4v) is 9.88. The molecule has 0 saturated carbocycles. The molecule has 4 saturated heterocycles. The van der Waals surface area contributed by atoms with Gasteiger partial charge in [-0.25, -0.2) is 0 Å². The summed E-state index contributed by atoms with van der Waals surface area (Å²) in [5.74, 6) is 0.0393. The Morgan fingerprint density at radius 2 is 0.879 bits per heavy atom. The molecule has 0 radical (unpaired) electrons. The maximum Gasteiger partial charge on any atom is 0.187 e. The third-order valence-electron chi connectivity index (χ3n) is 14.2. The molecule has 0 aromatic heterocycles. The summed E-state index contributed by atoms with van der Waals surface area (Å²) in [7, 11) is 13.0. The lowest BCUT2D eigenvalue weighted by Gasteiger charge is -2.46. The van der Waals surface area contributed by atoms with Crippen molar-refractivity contribution in [2.45, 2.75) is 178 Å². The highest BCUT2D eigenvalue weighted by atomic mass is 16.7. The van der Waals surface area contributed by atoms with Crippen molar-refractivity contribution in [1.29, 1.82) is 0 Å². The topological polar surface area (TPSA) is 176 Å². The zero-order valence-corrected chi connectivity index (χ0v) is 42.6. The lowest BCUT2D eigenvalue weighted by molar-refractivity contribution is -0.311. The van der Waals surface area contributed by atoms with Crippen molar-refractivity contribution in [3.05, 3.63) is 47.6 Å². The van der Waals surface area contributed by atoms with E-state index in [9.17, 15) is 10.2 Å². The summed E-state index contributed by atoms with van der Waals surface area (Å²) in [4.78, 5) is 0. The predicted molar refractivity (Wildman–Crippen MR) is 248 cm³/mol. The average molecular weight is 943 g/mol. The lowest BCUT2D eigenvalue weighted by atomic mass is 9.91. The molecule has 0 amide bonds. The van der Waals surface area contributed by atoms with Gasteiger partial charge in [0.25, 0.3) is 0 Å². The molecule has 0 spiro atoms. The summed E-state index contributed by atoms with van der Waals surface area (Å²) >= 11 is 0. The van der Waals surface area contributed by atoms with Gasteiger partial charge in [0.1, 0.15) is 61.0 Å². The molecule has 4 aliphatic rings. The number of hydrogen-bond donors (Lipinski definition) is 2. The molecule has 16 nitrogen and oxygen atoms in total. The van der Waals surface area contributed by atoms with E-state index in [0.717, 1.165) is 24.0 Å². The first-order chi connectivity index (χ1) is 31.7. The smallest absolute Gasteiger partial charge is 0.187 e. The van der Waals surface area contributed by atoms with E-state index in [-0.39, 0.29) is 73.5 Å². The fraction of sp³-hybridized carbons (Fsp3) is 0.840. The molecule has 0 bridgehead atoms. The number of rotatable bonds is 29. The normalized spacial score (nSPS) is 36.8. The van der Waals surface area contributed by atoms with Gasteiger partial charge in [0.15, 0.2) is 12.6 Å². The van der Waals surface area contributed by atoms with Crippen LogP contribution in [0.5, 0.6) is 0 Å². The predicted octanol–water partition coefficient (Wildman–Crippen LogP) is 5.22. The Kier molecular flexibility index (Phi) is 23.8. The van der Waals surface area contributed by atoms with Crippen LogP contribution >= 0.6 is 0 Å². The highest BCUT2D eigenvalue weighted by molar-refractivity contribution is 5.21. The molecule has 0 aliphatic carbocycles. The molecule has 16 heteroatoms. The summed E-state index contributed by atoms with van der Waals surface area (Å²) in [5, 5.41) is 22.2. The Balaban J connectivity index is 1.42. The molecule has 22 atom stereocenters. The third kappa shape index (κ3) is 14.0. The molecule has 2 N–H and O–H groups in total. The highest BCUT2D eigenvalue weighted by Crippen LogP contribution is 2.39. The second-order valence-electron chi connectivity index (χ2n) is 18.3. The molecule has 0 aromatic carbocycles. The van der Waals surface area contributed by atoms with Crippen LogP contribution in [0.25, 0.3) is 0 Å². The Morgan fingerprint density at radius 3 is 1.29 bits per heavy atom. The zero-order valence-electron chi connectivity index (χ0n) is 42.6. The van der Waals surface area contributed by atoms with Crippen LogP contribution in [-0.2, 0) is 66.3 Å². The summed E-state index contributed by atoms with van der Waals surface area (Å²) < 4.78 is 84.5. The van der Waals surface area contributed by atoms with E-state index in [4.69, 9.17) is 66.3 Å². The molecule has 66 heavy (non-hydrogen) atoms. The van der Waals surface area contributed by atoms with Gasteiger partial charge >= 0.3 is 0 Å². The maximum atomic E-state index is 11.1. The van der Waals surface area contributed by atoms with Crippen molar-refractivity contribution >= 4 is 0 Å². The van der Waals surface area contributed by atoms with Crippen LogP contribution in [0.15, 0.2) is 47.6 Å². The zero-order chi connectivity index (χ0) is 48.8. The first kappa shape index (κ1) is 56.9. The molecule has 0 aromatic rings. The number of epoxide rings is 2. The second-order valence-corrected chi connectivity index (χ2v) is 18.3. The first-order valence-electron chi connectivity index (χ1n) is 23.8. The largest absolute Gasteiger partial charge is 0.390 e. The summed E-state index contributed by atoms with van der Waals surface area (Å²) in [6.45, 7) is 16.5. The number of ether oxygens (including phenoxy) is 14. The van der Waals surface area contributed by atoms with Crippen molar-refractivity contribution in [1.82, 2.24) is 0 Å². The van der Waals surface area contributed by atoms with E-state index < -0.39 is 73.6 Å². The number of aliphatic hydroxyl groups excluding tert-OH is 2. The minimum Gasteiger partial charge on any atom is -0.390 e. The lowest BCUT2D eigenvalue weighted by Crippen LogP contribution is -2.61. The molecule has 4 heterocycles. The van der Waals surface area contributed by atoms with Crippen molar-refractivity contribution in [2.24, 2.45) is 23.7 Å². The van der Waals surface area contributed by atoms with Crippen molar-refractivity contribution in [2.75, 3.05) is 70.1 Å². The van der Waals surface area contributed by atoms with Crippen LogP contribution in [0.4, 0.5) is 0 Å². The Hall–Kier alpha value is -1.68. The Morgan fingerprint density at radius 1 is 0.485 bits per heavy atom. The van der Waals surface area contributed by atoms with Crippen LogP contribution in [0, 0.1) is 23.7 Å². The Bertz CT molecular complexity index is 1520. The molecule has 4 fully saturated rings. The van der Waals surface area contributed by atoms with Crippen LogP contribution in [0.3, 0.4) is 0 Å². The van der Waals surface area contributed by atoms with Gasteiger partial charge in [-0.2, -0.15) is 0 Å². The van der Waals surface area contributed by atoms with E-state index in [1.807, 2.05) is 64.2 Å². The van der Waals surface area contributed by atoms with E-state index in [1.165, 1.54) is 0 Å². The minimum atomic E-state index is -0.837. The van der Waals surface area contributed by atoms with Gasteiger partial charge in [0, 0.05) is 80.6 Å². The van der Waals surface area contributed by atoms with Gasteiger partial charge in [-0.3, -0.25) is 0 Å². The van der Waals surface area contributed by atoms with Crippen LogP contribution in [0.2, 0.25) is 0 Å². The molecular formula is C50H86O16. The van der Waals surface area contributed by atoms with Crippen LogP contribution < -0.4 is 0 Å². The summed E-state index contributed by atoms with van der Waals surface area (Å²) in [6.07, 6.45) is 5.65. The van der Waals surface area contributed by atoms with E-state index >= 15 is 0 Å². The van der Waals surface area contributed by atoms with E-state index in [1.54, 1.807) is 56.9 Å². The summed E-state index contributed by atoms with van der Waals surface area (Å²) in [5.41, 5.74) is 1.73. The molecule has 4 rings (SSSR count). The molecule has 0 unspecified atom stereocenters. The number of methoxy groups -OCH3 is 8. The third-order valence-corrected chi connectivity index (χ3v) is 14.2. The fourth-order valence-electron chi connectivity index (χ4n) is 9.88. The molecule has 4 aliphatic heterocycles. The quantitative estimate of drug-likeness (QED) is 0.0567. The van der Waals surface area contributed by atoms with Crippen molar-refractivity contribution < 1.29 is 76.5 Å². The number of allylic oxidation sites excluding steroid dienone is 4. The molecule has 382 valence electrons. The van der Waals surface area contributed by atoms with Crippen LogP contribution in [-0.4, -0.2) is 191 Å². The standard InChI is InChI=1S/C50H86O16/c1-17-33(53-9)31(7)39-41(63-39)35(51)27(3)21-19-23-29(5)37-43(55-11)44(56-12)48(59-15)50(66-37)62-26-25-61-46-38(65-49(60-16)47(58-14)45(46)57-13)30(6)24-20-22-28(4)36(52)42-40(64-42)32(8)34(18-2)54-10/h19-24,27-28,31-52H,17-18,25-26H2,1-16H3/b21-19+,22-20+,29-23+,30-24+/t27-,28-,31+,32+,33-,34-,35+,36+,37+,38+,39+,40+,41+,42+,43+,44-,45-,46-,47+,48+,49-,50+/m0/s1. The van der Waals surface area contributed by atoms with E-state index in [0.29, 0.717) is 0 Å². The van der Waals surface area contributed by atoms with Gasteiger partial charge in [0.2, 0.25) is 0 Å². The monoisotopic (exact) mass is 943 g/mol. The number of hydrogen-bond acceptors (Lipinski definition) is 16.